The van der Waals surface area contributed by atoms with Crippen molar-refractivity contribution in [3.8, 4) is 0 Å². The third-order valence-electron chi connectivity index (χ3n) is 5.24. The molecule has 1 rings (SSSR count). The molecule has 1 N–H and O–H groups in total. The van der Waals surface area contributed by atoms with E-state index >= 15 is 0 Å². The predicted molar refractivity (Wildman–Crippen MR) is 127 cm³/mol. The van der Waals surface area contributed by atoms with Gasteiger partial charge in [-0.3, -0.25) is 0 Å². The summed E-state index contributed by atoms with van der Waals surface area (Å²) in [6.07, 6.45) is 14.6. The number of esters is 1. The second kappa shape index (κ2) is 16.8. The maximum atomic E-state index is 11.8. The van der Waals surface area contributed by atoms with E-state index in [2.05, 4.69) is 12.2 Å². The van der Waals surface area contributed by atoms with E-state index in [1.807, 2.05) is 18.2 Å². The summed E-state index contributed by atoms with van der Waals surface area (Å²) in [5, 5.41) is 3.47. The molecule has 1 aromatic rings. The van der Waals surface area contributed by atoms with Gasteiger partial charge < -0.3 is 10.1 Å². The number of para-hydroxylation sites is 1. The Morgan fingerprint density at radius 2 is 1.52 bits per heavy atom. The van der Waals surface area contributed by atoms with E-state index in [1.54, 1.807) is 6.07 Å². The summed E-state index contributed by atoms with van der Waals surface area (Å²) < 4.78 is 4.82. The molecule has 0 aliphatic rings. The molecule has 0 aliphatic heterocycles. The van der Waals surface area contributed by atoms with Gasteiger partial charge in [-0.25, -0.2) is 4.79 Å². The standard InChI is InChI=1S/C24H39Cl2NO2/c1-3-4-5-6-7-8-9-10-11-14-20(25)19-21(26)17-18-27-23-16-13-12-15-22(23)24(28)29-2/h12-13,15-16,20-21,27H,3-11,14,17-19H2,1-2H3. The highest BCUT2D eigenvalue weighted by Crippen LogP contribution is 2.21. The second-order valence-electron chi connectivity index (χ2n) is 7.80. The Bertz CT molecular complexity index is 553. The molecule has 0 heterocycles. The van der Waals surface area contributed by atoms with Crippen LogP contribution in [0.15, 0.2) is 24.3 Å². The minimum absolute atomic E-state index is 0.0360. The van der Waals surface area contributed by atoms with Crippen molar-refractivity contribution >= 4 is 34.9 Å². The molecule has 5 heteroatoms. The van der Waals surface area contributed by atoms with E-state index in [0.29, 0.717) is 12.1 Å². The van der Waals surface area contributed by atoms with Crippen LogP contribution >= 0.6 is 23.2 Å². The molecule has 0 aromatic heterocycles. The van der Waals surface area contributed by atoms with Crippen molar-refractivity contribution in [3.63, 3.8) is 0 Å². The Morgan fingerprint density at radius 3 is 2.17 bits per heavy atom. The van der Waals surface area contributed by atoms with Crippen LogP contribution in [0.2, 0.25) is 0 Å². The van der Waals surface area contributed by atoms with Crippen LogP contribution in [-0.2, 0) is 4.74 Å². The lowest BCUT2D eigenvalue weighted by Gasteiger charge is -2.16. The van der Waals surface area contributed by atoms with E-state index in [1.165, 1.54) is 64.9 Å². The summed E-state index contributed by atoms with van der Waals surface area (Å²) in [5.41, 5.74) is 1.32. The number of carbonyl (C=O) groups excluding carboxylic acids is 1. The molecule has 29 heavy (non-hydrogen) atoms. The average Bonchev–Trinajstić information content (AvgIpc) is 2.72. The minimum atomic E-state index is -0.336. The fourth-order valence-electron chi connectivity index (χ4n) is 3.48. The Hall–Kier alpha value is -0.930. The summed E-state index contributed by atoms with van der Waals surface area (Å²) in [7, 11) is 1.39. The molecular formula is C24H39Cl2NO2. The monoisotopic (exact) mass is 443 g/mol. The molecule has 2 atom stereocenters. The Balaban J connectivity index is 2.11. The smallest absolute Gasteiger partial charge is 0.339 e. The van der Waals surface area contributed by atoms with Gasteiger partial charge in [-0.1, -0.05) is 76.8 Å². The van der Waals surface area contributed by atoms with Crippen LogP contribution in [0.3, 0.4) is 0 Å². The van der Waals surface area contributed by atoms with Crippen LogP contribution in [0.1, 0.15) is 94.3 Å². The Morgan fingerprint density at radius 1 is 0.931 bits per heavy atom. The SMILES string of the molecule is CCCCCCCCCCCC(Cl)CC(Cl)CCNc1ccccc1C(=O)OC. The summed E-state index contributed by atoms with van der Waals surface area (Å²) in [6.45, 7) is 2.96. The van der Waals surface area contributed by atoms with Gasteiger partial charge in [0, 0.05) is 23.0 Å². The number of rotatable bonds is 17. The molecule has 1 aromatic carbocycles. The maximum Gasteiger partial charge on any atom is 0.339 e. The van der Waals surface area contributed by atoms with Gasteiger partial charge in [-0.2, -0.15) is 0 Å². The van der Waals surface area contributed by atoms with Crippen LogP contribution in [-0.4, -0.2) is 30.4 Å². The van der Waals surface area contributed by atoms with Crippen molar-refractivity contribution < 1.29 is 9.53 Å². The number of halogens is 2. The summed E-state index contributed by atoms with van der Waals surface area (Å²) in [5.74, 6) is -0.336. The molecule has 0 fully saturated rings. The zero-order chi connectivity index (χ0) is 21.3. The number of hydrogen-bond acceptors (Lipinski definition) is 3. The topological polar surface area (TPSA) is 38.3 Å². The fourth-order valence-corrected chi connectivity index (χ4v) is 4.26. The maximum absolute atomic E-state index is 11.8. The summed E-state index contributed by atoms with van der Waals surface area (Å²) >= 11 is 13.0. The fraction of sp³-hybridized carbons (Fsp3) is 0.708. The first-order valence-corrected chi connectivity index (χ1v) is 12.1. The molecule has 166 valence electrons. The third kappa shape index (κ3) is 12.4. The van der Waals surface area contributed by atoms with Crippen LogP contribution in [0.4, 0.5) is 5.69 Å². The first kappa shape index (κ1) is 26.1. The molecule has 0 saturated heterocycles. The van der Waals surface area contributed by atoms with Crippen molar-refractivity contribution in [2.45, 2.75) is 94.7 Å². The van der Waals surface area contributed by atoms with E-state index in [-0.39, 0.29) is 16.7 Å². The van der Waals surface area contributed by atoms with Gasteiger partial charge in [0.05, 0.1) is 12.7 Å². The number of carbonyl (C=O) groups is 1. The largest absolute Gasteiger partial charge is 0.465 e. The van der Waals surface area contributed by atoms with Crippen LogP contribution < -0.4 is 5.32 Å². The number of alkyl halides is 2. The molecule has 0 radical (unpaired) electrons. The number of ether oxygens (including phenoxy) is 1. The molecular weight excluding hydrogens is 405 g/mol. The number of hydrogen-bond donors (Lipinski definition) is 1. The van der Waals surface area contributed by atoms with Crippen molar-refractivity contribution in [1.82, 2.24) is 0 Å². The van der Waals surface area contributed by atoms with E-state index in [0.717, 1.165) is 24.9 Å². The molecule has 3 nitrogen and oxygen atoms in total. The molecule has 2 unspecified atom stereocenters. The average molecular weight is 444 g/mol. The van der Waals surface area contributed by atoms with Gasteiger partial charge in [0.2, 0.25) is 0 Å². The summed E-state index contributed by atoms with van der Waals surface area (Å²) in [4.78, 5) is 11.8. The predicted octanol–water partition coefficient (Wildman–Crippen LogP) is 7.80. The van der Waals surface area contributed by atoms with Gasteiger partial charge in [0.1, 0.15) is 0 Å². The van der Waals surface area contributed by atoms with Gasteiger partial charge >= 0.3 is 5.97 Å². The zero-order valence-corrected chi connectivity index (χ0v) is 19.7. The quantitative estimate of drug-likeness (QED) is 0.151. The van der Waals surface area contributed by atoms with Crippen LogP contribution in [0, 0.1) is 0 Å². The molecule has 0 aliphatic carbocycles. The van der Waals surface area contributed by atoms with Gasteiger partial charge in [0.15, 0.2) is 0 Å². The van der Waals surface area contributed by atoms with Gasteiger partial charge in [0.25, 0.3) is 0 Å². The minimum Gasteiger partial charge on any atom is -0.465 e. The lowest BCUT2D eigenvalue weighted by atomic mass is 10.0. The van der Waals surface area contributed by atoms with Crippen molar-refractivity contribution in [3.05, 3.63) is 29.8 Å². The molecule has 0 saturated carbocycles. The van der Waals surface area contributed by atoms with Crippen molar-refractivity contribution in [2.24, 2.45) is 0 Å². The first-order chi connectivity index (χ1) is 14.1. The third-order valence-corrected chi connectivity index (χ3v) is 6.03. The zero-order valence-electron chi connectivity index (χ0n) is 18.2. The highest BCUT2D eigenvalue weighted by atomic mass is 35.5. The summed E-state index contributed by atoms with van der Waals surface area (Å²) in [6, 6.07) is 7.36. The van der Waals surface area contributed by atoms with E-state index in [9.17, 15) is 4.79 Å². The second-order valence-corrected chi connectivity index (χ2v) is 9.03. The first-order valence-electron chi connectivity index (χ1n) is 11.3. The lowest BCUT2D eigenvalue weighted by Crippen LogP contribution is -2.15. The molecule has 0 spiro atoms. The van der Waals surface area contributed by atoms with Crippen molar-refractivity contribution in [1.29, 1.82) is 0 Å². The normalized spacial score (nSPS) is 13.1. The molecule has 0 amide bonds. The number of nitrogens with one attached hydrogen (secondary N) is 1. The highest BCUT2D eigenvalue weighted by Gasteiger charge is 2.14. The Labute approximate surface area is 187 Å². The van der Waals surface area contributed by atoms with Crippen LogP contribution in [0.5, 0.6) is 0 Å². The molecule has 0 bridgehead atoms. The number of anilines is 1. The van der Waals surface area contributed by atoms with Crippen molar-refractivity contribution in [2.75, 3.05) is 19.0 Å². The highest BCUT2D eigenvalue weighted by molar-refractivity contribution is 6.23. The van der Waals surface area contributed by atoms with E-state index in [4.69, 9.17) is 27.9 Å². The van der Waals surface area contributed by atoms with Gasteiger partial charge in [-0.15, -0.1) is 23.2 Å². The lowest BCUT2D eigenvalue weighted by molar-refractivity contribution is 0.0602. The number of benzene rings is 1. The number of methoxy groups -OCH3 is 1. The van der Waals surface area contributed by atoms with Gasteiger partial charge in [-0.05, 0) is 31.4 Å². The van der Waals surface area contributed by atoms with E-state index < -0.39 is 0 Å². The Kier molecular flexibility index (Phi) is 15.1. The number of unbranched alkanes of at least 4 members (excludes halogenated alkanes) is 8. The van der Waals surface area contributed by atoms with Crippen LogP contribution in [0.25, 0.3) is 0 Å².